The van der Waals surface area contributed by atoms with Crippen LogP contribution in [0.25, 0.3) is 0 Å². The fourth-order valence-electron chi connectivity index (χ4n) is 3.92. The van der Waals surface area contributed by atoms with Gasteiger partial charge in [-0.3, -0.25) is 0 Å². The van der Waals surface area contributed by atoms with Crippen LogP contribution in [0.2, 0.25) is 0 Å². The smallest absolute Gasteiger partial charge is 0.229 e. The van der Waals surface area contributed by atoms with E-state index in [1.165, 1.54) is 6.26 Å². The molecule has 23 heavy (non-hydrogen) atoms. The lowest BCUT2D eigenvalue weighted by molar-refractivity contribution is 0.249. The molecule has 2 atom stereocenters. The molecule has 7 heteroatoms. The van der Waals surface area contributed by atoms with Crippen molar-refractivity contribution in [3.05, 3.63) is 29.3 Å². The van der Waals surface area contributed by atoms with E-state index in [0.717, 1.165) is 24.0 Å². The lowest BCUT2D eigenvalue weighted by Gasteiger charge is -2.37. The van der Waals surface area contributed by atoms with Gasteiger partial charge >= 0.3 is 0 Å². The predicted molar refractivity (Wildman–Crippen MR) is 89.6 cm³/mol. The summed E-state index contributed by atoms with van der Waals surface area (Å²) in [5.41, 5.74) is 1.65. The van der Waals surface area contributed by atoms with Crippen molar-refractivity contribution in [3.8, 4) is 0 Å². The standard InChI is InChI=1S/C16H23NO4S2/c1-11-4-5-12(2)16(8-11)23(20,21)17-13-6-7-14(17)10-15(9-13)22(3,18)19/h4-5,8,13-15H,6-7,9-10H2,1-3H3. The Morgan fingerprint density at radius 1 is 1.00 bits per heavy atom. The van der Waals surface area contributed by atoms with Gasteiger partial charge in [0.05, 0.1) is 10.1 Å². The van der Waals surface area contributed by atoms with Gasteiger partial charge < -0.3 is 0 Å². The third kappa shape index (κ3) is 2.94. The van der Waals surface area contributed by atoms with Crippen LogP contribution in [0, 0.1) is 13.8 Å². The summed E-state index contributed by atoms with van der Waals surface area (Å²) in [4.78, 5) is 0.354. The zero-order valence-corrected chi connectivity index (χ0v) is 15.3. The SMILES string of the molecule is Cc1ccc(C)c(S(=O)(=O)N2C3CCC2CC(S(C)(=O)=O)C3)c1. The van der Waals surface area contributed by atoms with Crippen LogP contribution >= 0.6 is 0 Å². The molecular formula is C16H23NO4S2. The average Bonchev–Trinajstić information content (AvgIpc) is 2.72. The number of aryl methyl sites for hydroxylation is 2. The molecule has 2 aliphatic rings. The predicted octanol–water partition coefficient (Wildman–Crippen LogP) is 2.03. The summed E-state index contributed by atoms with van der Waals surface area (Å²) < 4.78 is 51.6. The van der Waals surface area contributed by atoms with Crippen LogP contribution in [-0.4, -0.2) is 44.7 Å². The summed E-state index contributed by atoms with van der Waals surface area (Å²) in [6.07, 6.45) is 3.59. The van der Waals surface area contributed by atoms with Gasteiger partial charge in [-0.25, -0.2) is 16.8 Å². The van der Waals surface area contributed by atoms with E-state index >= 15 is 0 Å². The Hall–Kier alpha value is -0.920. The number of hydrogen-bond donors (Lipinski definition) is 0. The molecule has 2 fully saturated rings. The normalized spacial score (nSPS) is 28.9. The maximum atomic E-state index is 13.2. The number of rotatable bonds is 3. The lowest BCUT2D eigenvalue weighted by atomic mass is 10.1. The molecule has 2 unspecified atom stereocenters. The molecule has 0 radical (unpaired) electrons. The molecule has 2 heterocycles. The molecule has 2 bridgehead atoms. The van der Waals surface area contributed by atoms with Crippen LogP contribution in [-0.2, 0) is 19.9 Å². The van der Waals surface area contributed by atoms with Gasteiger partial charge in [0.2, 0.25) is 10.0 Å². The van der Waals surface area contributed by atoms with Crippen molar-refractivity contribution in [2.45, 2.75) is 61.8 Å². The first-order valence-electron chi connectivity index (χ1n) is 7.90. The second kappa shape index (κ2) is 5.57. The van der Waals surface area contributed by atoms with E-state index in [0.29, 0.717) is 17.7 Å². The summed E-state index contributed by atoms with van der Waals surface area (Å²) in [5, 5.41) is -0.412. The number of sulfone groups is 1. The number of hydrogen-bond acceptors (Lipinski definition) is 4. The number of nitrogens with zero attached hydrogens (tertiary/aromatic N) is 1. The van der Waals surface area contributed by atoms with Crippen LogP contribution in [0.4, 0.5) is 0 Å². The minimum Gasteiger partial charge on any atom is -0.229 e. The zero-order valence-electron chi connectivity index (χ0n) is 13.7. The lowest BCUT2D eigenvalue weighted by Crippen LogP contribution is -2.49. The summed E-state index contributed by atoms with van der Waals surface area (Å²) in [7, 11) is -6.70. The first kappa shape index (κ1) is 16.9. The molecule has 0 saturated carbocycles. The second-order valence-corrected chi connectivity index (χ2v) is 11.0. The largest absolute Gasteiger partial charge is 0.243 e. The van der Waals surface area contributed by atoms with Crippen LogP contribution in [0.5, 0.6) is 0 Å². The van der Waals surface area contributed by atoms with E-state index in [2.05, 4.69) is 0 Å². The monoisotopic (exact) mass is 357 g/mol. The number of fused-ring (bicyclic) bond motifs is 2. The number of benzene rings is 1. The summed E-state index contributed by atoms with van der Waals surface area (Å²) >= 11 is 0. The van der Waals surface area contributed by atoms with Crippen molar-refractivity contribution in [2.75, 3.05) is 6.26 Å². The van der Waals surface area contributed by atoms with Crippen molar-refractivity contribution in [1.29, 1.82) is 0 Å². The molecule has 128 valence electrons. The van der Waals surface area contributed by atoms with Gasteiger partial charge in [0.1, 0.15) is 9.84 Å². The maximum Gasteiger partial charge on any atom is 0.243 e. The molecule has 0 N–H and O–H groups in total. The van der Waals surface area contributed by atoms with Crippen molar-refractivity contribution in [2.24, 2.45) is 0 Å². The van der Waals surface area contributed by atoms with Gasteiger partial charge in [0.25, 0.3) is 0 Å². The third-order valence-electron chi connectivity index (χ3n) is 5.13. The van der Waals surface area contributed by atoms with E-state index in [4.69, 9.17) is 0 Å². The average molecular weight is 357 g/mol. The van der Waals surface area contributed by atoms with Gasteiger partial charge in [-0.15, -0.1) is 0 Å². The fourth-order valence-corrected chi connectivity index (χ4v) is 7.27. The van der Waals surface area contributed by atoms with Crippen LogP contribution in [0.15, 0.2) is 23.1 Å². The van der Waals surface area contributed by atoms with E-state index in [9.17, 15) is 16.8 Å². The number of piperidine rings is 1. The molecule has 0 aromatic heterocycles. The topological polar surface area (TPSA) is 71.5 Å². The molecule has 3 rings (SSSR count). The fraction of sp³-hybridized carbons (Fsp3) is 0.625. The Balaban J connectivity index is 1.98. The van der Waals surface area contributed by atoms with E-state index in [1.54, 1.807) is 17.3 Å². The van der Waals surface area contributed by atoms with Crippen molar-refractivity contribution >= 4 is 19.9 Å². The Morgan fingerprint density at radius 3 is 2.09 bits per heavy atom. The first-order chi connectivity index (χ1) is 10.6. The van der Waals surface area contributed by atoms with Crippen molar-refractivity contribution in [3.63, 3.8) is 0 Å². The van der Waals surface area contributed by atoms with Crippen molar-refractivity contribution < 1.29 is 16.8 Å². The summed E-state index contributed by atoms with van der Waals surface area (Å²) in [6.45, 7) is 3.68. The molecule has 1 aromatic carbocycles. The third-order valence-corrected chi connectivity index (χ3v) is 8.87. The summed E-state index contributed by atoms with van der Waals surface area (Å²) in [6, 6.07) is 5.05. The molecular weight excluding hydrogens is 334 g/mol. The Bertz CT molecular complexity index is 816. The quantitative estimate of drug-likeness (QED) is 0.830. The highest BCUT2D eigenvalue weighted by Crippen LogP contribution is 2.42. The number of sulfonamides is 1. The van der Waals surface area contributed by atoms with E-state index in [-0.39, 0.29) is 12.1 Å². The molecule has 5 nitrogen and oxygen atoms in total. The van der Waals surface area contributed by atoms with Gasteiger partial charge in [-0.1, -0.05) is 12.1 Å². The molecule has 2 saturated heterocycles. The highest BCUT2D eigenvalue weighted by molar-refractivity contribution is 7.91. The van der Waals surface area contributed by atoms with Gasteiger partial charge in [-0.2, -0.15) is 4.31 Å². The van der Waals surface area contributed by atoms with Gasteiger partial charge in [0.15, 0.2) is 0 Å². The Morgan fingerprint density at radius 2 is 1.57 bits per heavy atom. The molecule has 0 aliphatic carbocycles. The van der Waals surface area contributed by atoms with E-state index < -0.39 is 25.1 Å². The van der Waals surface area contributed by atoms with Gasteiger partial charge in [0, 0.05) is 18.3 Å². The van der Waals surface area contributed by atoms with E-state index in [1.807, 2.05) is 19.1 Å². The Kier molecular flexibility index (Phi) is 4.09. The minimum atomic E-state index is -3.58. The maximum absolute atomic E-state index is 13.2. The van der Waals surface area contributed by atoms with Crippen molar-refractivity contribution in [1.82, 2.24) is 4.31 Å². The van der Waals surface area contributed by atoms with Crippen LogP contribution in [0.1, 0.15) is 36.8 Å². The molecule has 0 amide bonds. The van der Waals surface area contributed by atoms with Crippen LogP contribution in [0.3, 0.4) is 0 Å². The minimum absolute atomic E-state index is 0.196. The van der Waals surface area contributed by atoms with Gasteiger partial charge in [-0.05, 0) is 56.7 Å². The highest BCUT2D eigenvalue weighted by atomic mass is 32.2. The molecule has 0 spiro atoms. The summed E-state index contributed by atoms with van der Waals surface area (Å²) in [5.74, 6) is 0. The van der Waals surface area contributed by atoms with Crippen LogP contribution < -0.4 is 0 Å². The zero-order chi connectivity index (χ0) is 17.0. The highest BCUT2D eigenvalue weighted by Gasteiger charge is 2.49. The molecule has 2 aliphatic heterocycles. The second-order valence-electron chi connectivity index (χ2n) is 6.91. The molecule has 1 aromatic rings. The first-order valence-corrected chi connectivity index (χ1v) is 11.3. The Labute approximate surface area is 138 Å².